The number of nitrogens with zero attached hydrogens (tertiary/aromatic N) is 1. The van der Waals surface area contributed by atoms with E-state index in [0.717, 1.165) is 18.2 Å². The first-order valence-electron chi connectivity index (χ1n) is 5.44. The summed E-state index contributed by atoms with van der Waals surface area (Å²) >= 11 is 1.84. The number of hydrogen-bond donors (Lipinski definition) is 1. The minimum Gasteiger partial charge on any atom is -0.378 e. The Labute approximate surface area is 94.9 Å². The molecule has 0 radical (unpaired) electrons. The maximum atomic E-state index is 5.17. The Bertz CT molecular complexity index is 297. The van der Waals surface area contributed by atoms with Gasteiger partial charge >= 0.3 is 0 Å². The van der Waals surface area contributed by atoms with E-state index in [9.17, 15) is 0 Å². The molecule has 1 aliphatic rings. The standard InChI is InChI=1S/C11H18N2OS/c1-12-6-10-9(7-14-2)13-11(15-10)5-8-3-4-8/h8,12H,3-7H2,1-2H3. The number of hydrogen-bond acceptors (Lipinski definition) is 4. The Balaban J connectivity index is 2.06. The summed E-state index contributed by atoms with van der Waals surface area (Å²) in [4.78, 5) is 5.98. The maximum Gasteiger partial charge on any atom is 0.0935 e. The number of ether oxygens (including phenoxy) is 1. The van der Waals surface area contributed by atoms with Crippen molar-refractivity contribution in [1.29, 1.82) is 0 Å². The zero-order chi connectivity index (χ0) is 10.7. The predicted molar refractivity (Wildman–Crippen MR) is 62.0 cm³/mol. The van der Waals surface area contributed by atoms with E-state index in [0.29, 0.717) is 6.61 Å². The molecule has 1 aromatic rings. The highest BCUT2D eigenvalue weighted by Crippen LogP contribution is 2.34. The molecule has 1 aromatic heterocycles. The summed E-state index contributed by atoms with van der Waals surface area (Å²) in [5, 5.41) is 4.47. The van der Waals surface area contributed by atoms with E-state index < -0.39 is 0 Å². The fourth-order valence-electron chi connectivity index (χ4n) is 1.64. The second-order valence-electron chi connectivity index (χ2n) is 4.09. The average Bonchev–Trinajstić information content (AvgIpc) is 2.93. The number of rotatable bonds is 6. The van der Waals surface area contributed by atoms with Gasteiger partial charge in [-0.25, -0.2) is 4.98 Å². The van der Waals surface area contributed by atoms with Gasteiger partial charge in [-0.3, -0.25) is 0 Å². The molecule has 1 fully saturated rings. The normalized spacial score (nSPS) is 15.9. The lowest BCUT2D eigenvalue weighted by Crippen LogP contribution is -2.06. The Hall–Kier alpha value is -0.450. The van der Waals surface area contributed by atoms with Gasteiger partial charge in [0.05, 0.1) is 17.3 Å². The lowest BCUT2D eigenvalue weighted by atomic mass is 10.3. The summed E-state index contributed by atoms with van der Waals surface area (Å²) in [6, 6.07) is 0. The second-order valence-corrected chi connectivity index (χ2v) is 5.26. The molecule has 0 amide bonds. The van der Waals surface area contributed by atoms with Crippen LogP contribution in [-0.4, -0.2) is 19.1 Å². The van der Waals surface area contributed by atoms with E-state index in [1.54, 1.807) is 7.11 Å². The predicted octanol–water partition coefficient (Wildman–Crippen LogP) is 1.96. The molecular formula is C11H18N2OS. The van der Waals surface area contributed by atoms with Crippen molar-refractivity contribution < 1.29 is 4.74 Å². The summed E-state index contributed by atoms with van der Waals surface area (Å²) in [5.41, 5.74) is 1.12. The highest BCUT2D eigenvalue weighted by Gasteiger charge is 2.23. The SMILES string of the molecule is CNCc1sc(CC2CC2)nc1COC. The summed E-state index contributed by atoms with van der Waals surface area (Å²) in [7, 11) is 3.69. The number of methoxy groups -OCH3 is 1. The van der Waals surface area contributed by atoms with Gasteiger partial charge in [-0.15, -0.1) is 11.3 Å². The Kier molecular flexibility index (Phi) is 3.72. The summed E-state index contributed by atoms with van der Waals surface area (Å²) < 4.78 is 5.17. The van der Waals surface area contributed by atoms with Crippen molar-refractivity contribution >= 4 is 11.3 Å². The van der Waals surface area contributed by atoms with Crippen molar-refractivity contribution in [3.63, 3.8) is 0 Å². The third-order valence-corrected chi connectivity index (χ3v) is 3.72. The molecule has 0 saturated heterocycles. The Morgan fingerprint density at radius 1 is 1.53 bits per heavy atom. The maximum absolute atomic E-state index is 5.17. The molecule has 2 rings (SSSR count). The van der Waals surface area contributed by atoms with Gasteiger partial charge in [-0.2, -0.15) is 0 Å². The van der Waals surface area contributed by atoms with Crippen LogP contribution in [0.25, 0.3) is 0 Å². The van der Waals surface area contributed by atoms with Crippen LogP contribution in [0, 0.1) is 5.92 Å². The monoisotopic (exact) mass is 226 g/mol. The third kappa shape index (κ3) is 3.00. The molecule has 0 aromatic carbocycles. The average molecular weight is 226 g/mol. The Morgan fingerprint density at radius 2 is 2.33 bits per heavy atom. The van der Waals surface area contributed by atoms with Gasteiger partial charge in [0.2, 0.25) is 0 Å². The van der Waals surface area contributed by atoms with Crippen LogP contribution in [0.4, 0.5) is 0 Å². The van der Waals surface area contributed by atoms with E-state index in [2.05, 4.69) is 10.3 Å². The van der Waals surface area contributed by atoms with Crippen LogP contribution in [0.15, 0.2) is 0 Å². The highest BCUT2D eigenvalue weighted by atomic mass is 32.1. The number of aromatic nitrogens is 1. The lowest BCUT2D eigenvalue weighted by Gasteiger charge is -1.98. The molecule has 0 unspecified atom stereocenters. The van der Waals surface area contributed by atoms with Crippen molar-refractivity contribution in [3.05, 3.63) is 15.6 Å². The van der Waals surface area contributed by atoms with Crippen LogP contribution in [0.3, 0.4) is 0 Å². The smallest absolute Gasteiger partial charge is 0.0935 e. The molecule has 0 spiro atoms. The highest BCUT2D eigenvalue weighted by molar-refractivity contribution is 7.11. The first-order valence-corrected chi connectivity index (χ1v) is 6.26. The molecule has 15 heavy (non-hydrogen) atoms. The summed E-state index contributed by atoms with van der Waals surface area (Å²) in [6.07, 6.45) is 3.95. The minimum atomic E-state index is 0.637. The summed E-state index contributed by atoms with van der Waals surface area (Å²) in [5.74, 6) is 0.911. The van der Waals surface area contributed by atoms with Crippen molar-refractivity contribution in [1.82, 2.24) is 10.3 Å². The second kappa shape index (κ2) is 5.05. The largest absolute Gasteiger partial charge is 0.378 e. The molecule has 0 atom stereocenters. The molecule has 4 heteroatoms. The van der Waals surface area contributed by atoms with Crippen LogP contribution < -0.4 is 5.32 Å². The first kappa shape index (κ1) is 11.0. The molecule has 1 heterocycles. The quantitative estimate of drug-likeness (QED) is 0.805. The number of nitrogens with one attached hydrogen (secondary N) is 1. The number of thiazole rings is 1. The van der Waals surface area contributed by atoms with Gasteiger partial charge in [0.25, 0.3) is 0 Å². The Morgan fingerprint density at radius 3 is 2.93 bits per heavy atom. The van der Waals surface area contributed by atoms with Crippen LogP contribution in [0.2, 0.25) is 0 Å². The van der Waals surface area contributed by atoms with Crippen LogP contribution >= 0.6 is 11.3 Å². The van der Waals surface area contributed by atoms with Gasteiger partial charge in [-0.1, -0.05) is 0 Å². The van der Waals surface area contributed by atoms with E-state index >= 15 is 0 Å². The molecule has 0 bridgehead atoms. The molecule has 3 nitrogen and oxygen atoms in total. The van der Waals surface area contributed by atoms with Gasteiger partial charge in [0.1, 0.15) is 0 Å². The van der Waals surface area contributed by atoms with E-state index in [-0.39, 0.29) is 0 Å². The fourth-order valence-corrected chi connectivity index (χ4v) is 2.84. The first-order chi connectivity index (χ1) is 7.33. The minimum absolute atomic E-state index is 0.637. The molecule has 84 valence electrons. The van der Waals surface area contributed by atoms with Gasteiger partial charge in [0.15, 0.2) is 0 Å². The van der Waals surface area contributed by atoms with Gasteiger partial charge in [-0.05, 0) is 25.8 Å². The zero-order valence-corrected chi connectivity index (χ0v) is 10.2. The van der Waals surface area contributed by atoms with Crippen LogP contribution in [-0.2, 0) is 24.3 Å². The molecule has 1 N–H and O–H groups in total. The zero-order valence-electron chi connectivity index (χ0n) is 9.38. The van der Waals surface area contributed by atoms with Crippen LogP contribution in [0.5, 0.6) is 0 Å². The topological polar surface area (TPSA) is 34.2 Å². The molecule has 0 aliphatic heterocycles. The van der Waals surface area contributed by atoms with Gasteiger partial charge in [0, 0.05) is 25.0 Å². The van der Waals surface area contributed by atoms with E-state index in [4.69, 9.17) is 4.74 Å². The molecule has 1 saturated carbocycles. The van der Waals surface area contributed by atoms with Gasteiger partial charge < -0.3 is 10.1 Å². The third-order valence-electron chi connectivity index (χ3n) is 2.60. The summed E-state index contributed by atoms with van der Waals surface area (Å²) in [6.45, 7) is 1.54. The lowest BCUT2D eigenvalue weighted by molar-refractivity contribution is 0.181. The van der Waals surface area contributed by atoms with Crippen LogP contribution in [0.1, 0.15) is 28.4 Å². The van der Waals surface area contributed by atoms with Crippen molar-refractivity contribution in [2.45, 2.75) is 32.4 Å². The van der Waals surface area contributed by atoms with Crippen molar-refractivity contribution in [2.75, 3.05) is 14.2 Å². The van der Waals surface area contributed by atoms with Crippen molar-refractivity contribution in [3.8, 4) is 0 Å². The van der Waals surface area contributed by atoms with E-state index in [1.165, 1.54) is 29.1 Å². The van der Waals surface area contributed by atoms with E-state index in [1.807, 2.05) is 18.4 Å². The van der Waals surface area contributed by atoms with Crippen molar-refractivity contribution in [2.24, 2.45) is 5.92 Å². The fraction of sp³-hybridized carbons (Fsp3) is 0.727. The molecule has 1 aliphatic carbocycles. The molecular weight excluding hydrogens is 208 g/mol.